The molecule has 4 heteroatoms. The predicted molar refractivity (Wildman–Crippen MR) is 92.0 cm³/mol. The molecule has 2 saturated carbocycles. The number of hydrogen-bond donors (Lipinski definition) is 3. The number of nitrogens with two attached hydrogens (primary N) is 1. The van der Waals surface area contributed by atoms with Crippen molar-refractivity contribution in [2.24, 2.45) is 34.3 Å². The highest BCUT2D eigenvalue weighted by Gasteiger charge is 2.66. The summed E-state index contributed by atoms with van der Waals surface area (Å²) in [5.41, 5.74) is 6.17. The second kappa shape index (κ2) is 4.85. The molecule has 0 amide bonds. The summed E-state index contributed by atoms with van der Waals surface area (Å²) in [6.45, 7) is 4.48. The largest absolute Gasteiger partial charge is 0.391 e. The molecule has 4 aliphatic carbocycles. The molecule has 4 aliphatic rings. The van der Waals surface area contributed by atoms with Crippen LogP contribution in [0.5, 0.6) is 0 Å². The lowest BCUT2D eigenvalue weighted by Crippen LogP contribution is -2.61. The van der Waals surface area contributed by atoms with Crippen molar-refractivity contribution >= 4 is 11.6 Å². The topological polar surface area (TPSA) is 66.5 Å². The third-order valence-electron chi connectivity index (χ3n) is 7.88. The predicted octanol–water partition coefficient (Wildman–Crippen LogP) is 2.60. The summed E-state index contributed by atoms with van der Waals surface area (Å²) in [5, 5.41) is 20.3. The van der Waals surface area contributed by atoms with Crippen LogP contribution in [-0.2, 0) is 0 Å². The summed E-state index contributed by atoms with van der Waals surface area (Å²) < 4.78 is 0. The van der Waals surface area contributed by atoms with Gasteiger partial charge in [-0.15, -0.1) is 11.6 Å². The Hall–Kier alpha value is -0.350. The highest BCUT2D eigenvalue weighted by atomic mass is 35.5. The molecule has 3 nitrogen and oxygen atoms in total. The fourth-order valence-electron chi connectivity index (χ4n) is 6.12. The van der Waals surface area contributed by atoms with Crippen molar-refractivity contribution in [1.29, 1.82) is 0 Å². The molecule has 0 aromatic carbocycles. The summed E-state index contributed by atoms with van der Waals surface area (Å²) in [7, 11) is 0. The zero-order valence-electron chi connectivity index (χ0n) is 14.0. The summed E-state index contributed by atoms with van der Waals surface area (Å²) >= 11 is 7.36. The molecule has 0 spiro atoms. The second-order valence-electron chi connectivity index (χ2n) is 8.77. The maximum absolute atomic E-state index is 10.4. The molecule has 0 bridgehead atoms. The Morgan fingerprint density at radius 3 is 2.57 bits per heavy atom. The Morgan fingerprint density at radius 2 is 1.83 bits per heavy atom. The van der Waals surface area contributed by atoms with Crippen LogP contribution in [0.3, 0.4) is 0 Å². The zero-order valence-corrected chi connectivity index (χ0v) is 14.7. The zero-order chi connectivity index (χ0) is 16.6. The Bertz CT molecular complexity index is 578. The van der Waals surface area contributed by atoms with Gasteiger partial charge in [0.15, 0.2) is 0 Å². The van der Waals surface area contributed by atoms with Crippen molar-refractivity contribution in [3.05, 3.63) is 24.3 Å². The number of allylic oxidation sites excluding steroid dienone is 3. The number of hydrogen-bond acceptors (Lipinski definition) is 3. The van der Waals surface area contributed by atoms with E-state index in [0.29, 0.717) is 5.92 Å². The van der Waals surface area contributed by atoms with E-state index in [0.717, 1.165) is 25.7 Å². The summed E-state index contributed by atoms with van der Waals surface area (Å²) in [6.07, 6.45) is 11.2. The minimum atomic E-state index is -0.424. The van der Waals surface area contributed by atoms with Crippen LogP contribution in [0, 0.1) is 28.6 Å². The quantitative estimate of drug-likeness (QED) is 0.470. The van der Waals surface area contributed by atoms with E-state index in [-0.39, 0.29) is 39.7 Å². The Labute approximate surface area is 143 Å². The van der Waals surface area contributed by atoms with E-state index in [4.69, 9.17) is 17.3 Å². The summed E-state index contributed by atoms with van der Waals surface area (Å²) in [6, 6.07) is -0.156. The molecule has 2 fully saturated rings. The molecule has 4 unspecified atom stereocenters. The molecule has 0 heterocycles. The molecule has 23 heavy (non-hydrogen) atoms. The van der Waals surface area contributed by atoms with Crippen molar-refractivity contribution < 1.29 is 10.2 Å². The molecule has 9 atom stereocenters. The molecule has 4 rings (SSSR count). The van der Waals surface area contributed by atoms with E-state index in [2.05, 4.69) is 32.1 Å². The molecule has 4 N–H and O–H groups in total. The molecule has 0 aliphatic heterocycles. The average molecular weight is 338 g/mol. The number of fused-ring (bicyclic) bond motifs is 5. The first-order chi connectivity index (χ1) is 10.7. The number of halogens is 1. The average Bonchev–Trinajstić information content (AvgIpc) is 2.73. The highest BCUT2D eigenvalue weighted by molar-refractivity contribution is 6.25. The third kappa shape index (κ3) is 1.88. The van der Waals surface area contributed by atoms with E-state index in [1.807, 2.05) is 6.08 Å². The minimum absolute atomic E-state index is 0.0338. The maximum atomic E-state index is 10.4. The number of alkyl halides is 1. The van der Waals surface area contributed by atoms with Gasteiger partial charge < -0.3 is 15.9 Å². The van der Waals surface area contributed by atoms with Crippen LogP contribution in [0.15, 0.2) is 24.3 Å². The van der Waals surface area contributed by atoms with Gasteiger partial charge in [-0.05, 0) is 42.9 Å². The molecular formula is C19H28ClNO2. The van der Waals surface area contributed by atoms with E-state index in [9.17, 15) is 10.2 Å². The molecular weight excluding hydrogens is 310 g/mol. The van der Waals surface area contributed by atoms with Crippen LogP contribution in [0.4, 0.5) is 0 Å². The number of rotatable bonds is 0. The first-order valence-corrected chi connectivity index (χ1v) is 9.28. The van der Waals surface area contributed by atoms with Crippen LogP contribution in [0.2, 0.25) is 0 Å². The lowest BCUT2D eigenvalue weighted by Gasteiger charge is -2.61. The van der Waals surface area contributed by atoms with Crippen LogP contribution in [0.25, 0.3) is 0 Å². The van der Waals surface area contributed by atoms with Gasteiger partial charge in [0.25, 0.3) is 0 Å². The number of aliphatic hydroxyl groups is 2. The minimum Gasteiger partial charge on any atom is -0.391 e. The van der Waals surface area contributed by atoms with Gasteiger partial charge in [-0.1, -0.05) is 38.2 Å². The molecule has 0 aromatic heterocycles. The van der Waals surface area contributed by atoms with Crippen LogP contribution >= 0.6 is 11.6 Å². The third-order valence-corrected chi connectivity index (χ3v) is 8.73. The standard InChI is InChI=1S/C19H28ClNO2/c1-17-7-8-19(20)13(14(17)10-15(23)16(17)21)4-3-11-9-12(22)5-6-18(11,19)2/h3-6,11-16,22-23H,7-10,21H2,1-2H3/t11?,12?,13-,14-,15?,16?,17-,18-,19-/m0/s1. The monoisotopic (exact) mass is 337 g/mol. The Morgan fingerprint density at radius 1 is 1.09 bits per heavy atom. The molecule has 0 saturated heterocycles. The Kier molecular flexibility index (Phi) is 3.40. The van der Waals surface area contributed by atoms with E-state index >= 15 is 0 Å². The maximum Gasteiger partial charge on any atom is 0.0727 e. The van der Waals surface area contributed by atoms with Gasteiger partial charge in [0.1, 0.15) is 0 Å². The fraction of sp³-hybridized carbons (Fsp3) is 0.789. The normalized spacial score (nSPS) is 61.0. The number of aliphatic hydroxyl groups excluding tert-OH is 2. The van der Waals surface area contributed by atoms with Crippen molar-refractivity contribution in [2.45, 2.75) is 62.7 Å². The lowest BCUT2D eigenvalue weighted by atomic mass is 9.48. The van der Waals surface area contributed by atoms with Gasteiger partial charge in [0.2, 0.25) is 0 Å². The molecule has 0 aromatic rings. The summed E-state index contributed by atoms with van der Waals surface area (Å²) in [5.74, 6) is 0.834. The molecule has 128 valence electrons. The van der Waals surface area contributed by atoms with Gasteiger partial charge >= 0.3 is 0 Å². The first kappa shape index (κ1) is 16.1. The van der Waals surface area contributed by atoms with E-state index in [1.165, 1.54) is 0 Å². The van der Waals surface area contributed by atoms with Gasteiger partial charge in [-0.2, -0.15) is 0 Å². The molecule has 0 radical (unpaired) electrons. The second-order valence-corrected chi connectivity index (χ2v) is 9.44. The van der Waals surface area contributed by atoms with Crippen LogP contribution in [-0.4, -0.2) is 33.3 Å². The van der Waals surface area contributed by atoms with E-state index in [1.54, 1.807) is 0 Å². The highest BCUT2D eigenvalue weighted by Crippen LogP contribution is 2.67. The smallest absolute Gasteiger partial charge is 0.0727 e. The van der Waals surface area contributed by atoms with Crippen LogP contribution < -0.4 is 5.73 Å². The van der Waals surface area contributed by atoms with E-state index < -0.39 is 6.10 Å². The van der Waals surface area contributed by atoms with Crippen molar-refractivity contribution in [3.63, 3.8) is 0 Å². The first-order valence-electron chi connectivity index (χ1n) is 8.91. The lowest BCUT2D eigenvalue weighted by molar-refractivity contribution is -0.00563. The van der Waals surface area contributed by atoms with Crippen molar-refractivity contribution in [1.82, 2.24) is 0 Å². The fourth-order valence-corrected chi connectivity index (χ4v) is 6.64. The van der Waals surface area contributed by atoms with Crippen molar-refractivity contribution in [3.8, 4) is 0 Å². The van der Waals surface area contributed by atoms with Gasteiger partial charge in [-0.3, -0.25) is 0 Å². The van der Waals surface area contributed by atoms with Gasteiger partial charge in [0.05, 0.1) is 17.1 Å². The van der Waals surface area contributed by atoms with Crippen LogP contribution in [0.1, 0.15) is 39.5 Å². The van der Waals surface area contributed by atoms with Gasteiger partial charge in [0, 0.05) is 17.4 Å². The van der Waals surface area contributed by atoms with Gasteiger partial charge in [-0.25, -0.2) is 0 Å². The summed E-state index contributed by atoms with van der Waals surface area (Å²) in [4.78, 5) is -0.350. The SMILES string of the molecule is C[C@]12C=CC(O)CC1C=C[C@H]1[C@@H]3CC(O)C(N)[C@@]3(C)CC[C@]12Cl. The van der Waals surface area contributed by atoms with Crippen molar-refractivity contribution in [2.75, 3.05) is 0 Å². The Balaban J connectivity index is 1.78.